The van der Waals surface area contributed by atoms with Gasteiger partial charge < -0.3 is 11.1 Å². The topological polar surface area (TPSA) is 101 Å². The van der Waals surface area contributed by atoms with Gasteiger partial charge in [0.1, 0.15) is 0 Å². The van der Waals surface area contributed by atoms with E-state index in [0.717, 1.165) is 5.56 Å². The van der Waals surface area contributed by atoms with Crippen LogP contribution in [0.4, 0.5) is 5.69 Å². The minimum atomic E-state index is -3.81. The van der Waals surface area contributed by atoms with E-state index in [-0.39, 0.29) is 16.8 Å². The number of nitrogens with one attached hydrogen (secondary N) is 2. The van der Waals surface area contributed by atoms with E-state index >= 15 is 0 Å². The Bertz CT molecular complexity index is 639. The molecule has 0 aliphatic carbocycles. The van der Waals surface area contributed by atoms with Crippen molar-refractivity contribution in [3.8, 4) is 0 Å². The summed E-state index contributed by atoms with van der Waals surface area (Å²) >= 11 is 0. The number of rotatable bonds is 5. The van der Waals surface area contributed by atoms with Crippen LogP contribution in [0, 0.1) is 13.8 Å². The molecule has 0 saturated carbocycles. The van der Waals surface area contributed by atoms with Gasteiger partial charge in [-0.05, 0) is 57.9 Å². The van der Waals surface area contributed by atoms with Crippen molar-refractivity contribution in [3.05, 3.63) is 23.3 Å². The van der Waals surface area contributed by atoms with Gasteiger partial charge in [-0.25, -0.2) is 8.42 Å². The van der Waals surface area contributed by atoms with Crippen LogP contribution in [-0.2, 0) is 14.8 Å². The summed E-state index contributed by atoms with van der Waals surface area (Å²) in [4.78, 5) is 11.9. The molecule has 0 aliphatic rings. The fourth-order valence-electron chi connectivity index (χ4n) is 1.89. The van der Waals surface area contributed by atoms with Crippen LogP contribution in [0.2, 0.25) is 0 Å². The van der Waals surface area contributed by atoms with Gasteiger partial charge in [0.05, 0.1) is 10.9 Å². The summed E-state index contributed by atoms with van der Waals surface area (Å²) < 4.78 is 27.2. The number of benzene rings is 1. The zero-order chi connectivity index (χ0) is 16.4. The number of aryl methyl sites for hydroxylation is 1. The summed E-state index contributed by atoms with van der Waals surface area (Å²) in [6.07, 6.45) is 0. The SMILES string of the molecule is Cc1cc(N)c(C)c(S(=O)(=O)NC(C)C(=O)NC(C)C)c1. The molecular weight excluding hydrogens is 290 g/mol. The van der Waals surface area contributed by atoms with Crippen molar-refractivity contribution < 1.29 is 13.2 Å². The molecule has 0 saturated heterocycles. The van der Waals surface area contributed by atoms with Crippen LogP contribution < -0.4 is 15.8 Å². The van der Waals surface area contributed by atoms with Crippen LogP contribution in [0.3, 0.4) is 0 Å². The molecule has 6 nitrogen and oxygen atoms in total. The first kappa shape index (κ1) is 17.5. The molecule has 0 aromatic heterocycles. The number of hydrogen-bond acceptors (Lipinski definition) is 4. The largest absolute Gasteiger partial charge is 0.398 e. The lowest BCUT2D eigenvalue weighted by Crippen LogP contribution is -2.46. The van der Waals surface area contributed by atoms with Gasteiger partial charge in [0.2, 0.25) is 15.9 Å². The summed E-state index contributed by atoms with van der Waals surface area (Å²) in [7, 11) is -3.81. The van der Waals surface area contributed by atoms with Crippen LogP contribution in [0.1, 0.15) is 31.9 Å². The average molecular weight is 313 g/mol. The maximum atomic E-state index is 12.4. The molecule has 1 amide bonds. The smallest absolute Gasteiger partial charge is 0.241 e. The molecule has 0 aliphatic heterocycles. The highest BCUT2D eigenvalue weighted by molar-refractivity contribution is 7.89. The Balaban J connectivity index is 3.05. The molecule has 0 radical (unpaired) electrons. The molecule has 1 unspecified atom stereocenters. The van der Waals surface area contributed by atoms with Crippen molar-refractivity contribution in [3.63, 3.8) is 0 Å². The molecule has 1 aromatic rings. The fourth-order valence-corrected chi connectivity index (χ4v) is 3.45. The molecule has 1 aromatic carbocycles. The van der Waals surface area contributed by atoms with Crippen molar-refractivity contribution in [2.75, 3.05) is 5.73 Å². The Morgan fingerprint density at radius 2 is 1.76 bits per heavy atom. The summed E-state index contributed by atoms with van der Waals surface area (Å²) in [5.74, 6) is -0.369. The first-order chi connectivity index (χ1) is 9.54. The van der Waals surface area contributed by atoms with E-state index in [2.05, 4.69) is 10.0 Å². The van der Waals surface area contributed by atoms with Gasteiger partial charge in [0, 0.05) is 11.7 Å². The van der Waals surface area contributed by atoms with E-state index in [1.54, 1.807) is 26.0 Å². The Kier molecular flexibility index (Phi) is 5.36. The zero-order valence-corrected chi connectivity index (χ0v) is 13.8. The summed E-state index contributed by atoms with van der Waals surface area (Å²) in [6, 6.07) is 2.34. The molecule has 1 atom stereocenters. The molecular formula is C14H23N3O3S. The highest BCUT2D eigenvalue weighted by atomic mass is 32.2. The second-order valence-corrected chi connectivity index (χ2v) is 7.17. The Morgan fingerprint density at radius 3 is 2.29 bits per heavy atom. The number of sulfonamides is 1. The summed E-state index contributed by atoms with van der Waals surface area (Å²) in [5, 5.41) is 2.66. The maximum absolute atomic E-state index is 12.4. The first-order valence-electron chi connectivity index (χ1n) is 6.74. The van der Waals surface area contributed by atoms with E-state index in [0.29, 0.717) is 11.3 Å². The van der Waals surface area contributed by atoms with Crippen molar-refractivity contribution in [2.45, 2.75) is 51.6 Å². The Hall–Kier alpha value is -1.60. The van der Waals surface area contributed by atoms with Gasteiger partial charge in [-0.15, -0.1) is 0 Å². The van der Waals surface area contributed by atoms with Crippen LogP contribution in [-0.4, -0.2) is 26.4 Å². The molecule has 0 spiro atoms. The molecule has 21 heavy (non-hydrogen) atoms. The fraction of sp³-hybridized carbons (Fsp3) is 0.500. The minimum absolute atomic E-state index is 0.0548. The molecule has 0 bridgehead atoms. The van der Waals surface area contributed by atoms with Gasteiger partial charge in [-0.3, -0.25) is 4.79 Å². The second kappa shape index (κ2) is 6.44. The van der Waals surface area contributed by atoms with Crippen LogP contribution >= 0.6 is 0 Å². The number of nitrogens with two attached hydrogens (primary N) is 1. The molecule has 0 heterocycles. The van der Waals surface area contributed by atoms with E-state index in [1.807, 2.05) is 13.8 Å². The molecule has 118 valence electrons. The van der Waals surface area contributed by atoms with Crippen molar-refractivity contribution >= 4 is 21.6 Å². The number of hydrogen-bond donors (Lipinski definition) is 3. The Labute approximate surface area is 126 Å². The predicted molar refractivity (Wildman–Crippen MR) is 83.4 cm³/mol. The second-order valence-electron chi connectivity index (χ2n) is 5.48. The summed E-state index contributed by atoms with van der Waals surface area (Å²) in [6.45, 7) is 8.53. The van der Waals surface area contributed by atoms with E-state index in [4.69, 9.17) is 5.73 Å². The van der Waals surface area contributed by atoms with Gasteiger partial charge >= 0.3 is 0 Å². The van der Waals surface area contributed by atoms with E-state index in [9.17, 15) is 13.2 Å². The number of carbonyl (C=O) groups is 1. The van der Waals surface area contributed by atoms with Crippen molar-refractivity contribution in [1.82, 2.24) is 10.0 Å². The highest BCUT2D eigenvalue weighted by Crippen LogP contribution is 2.23. The Morgan fingerprint density at radius 1 is 1.19 bits per heavy atom. The highest BCUT2D eigenvalue weighted by Gasteiger charge is 2.24. The van der Waals surface area contributed by atoms with E-state index < -0.39 is 16.1 Å². The summed E-state index contributed by atoms with van der Waals surface area (Å²) in [5.41, 5.74) is 7.44. The molecule has 7 heteroatoms. The predicted octanol–water partition coefficient (Wildman–Crippen LogP) is 1.08. The first-order valence-corrected chi connectivity index (χ1v) is 8.22. The number of anilines is 1. The lowest BCUT2D eigenvalue weighted by molar-refractivity contribution is -0.122. The number of nitrogen functional groups attached to an aromatic ring is 1. The lowest BCUT2D eigenvalue weighted by atomic mass is 10.1. The van der Waals surface area contributed by atoms with Gasteiger partial charge in [-0.2, -0.15) is 4.72 Å². The van der Waals surface area contributed by atoms with Crippen molar-refractivity contribution in [1.29, 1.82) is 0 Å². The number of amides is 1. The van der Waals surface area contributed by atoms with Crippen LogP contribution in [0.15, 0.2) is 17.0 Å². The van der Waals surface area contributed by atoms with Gasteiger partial charge in [0.15, 0.2) is 0 Å². The third-order valence-electron chi connectivity index (χ3n) is 2.99. The van der Waals surface area contributed by atoms with Gasteiger partial charge in [-0.1, -0.05) is 0 Å². The standard InChI is InChI=1S/C14H23N3O3S/c1-8(2)16-14(18)11(5)17-21(19,20)13-7-9(3)6-12(15)10(13)4/h6-8,11,17H,15H2,1-5H3,(H,16,18). The average Bonchev–Trinajstić information content (AvgIpc) is 2.32. The van der Waals surface area contributed by atoms with Crippen LogP contribution in [0.25, 0.3) is 0 Å². The monoisotopic (exact) mass is 313 g/mol. The molecule has 1 rings (SSSR count). The van der Waals surface area contributed by atoms with Crippen molar-refractivity contribution in [2.24, 2.45) is 0 Å². The lowest BCUT2D eigenvalue weighted by Gasteiger charge is -2.18. The molecule has 4 N–H and O–H groups in total. The molecule has 0 fully saturated rings. The van der Waals surface area contributed by atoms with Gasteiger partial charge in [0.25, 0.3) is 0 Å². The number of carbonyl (C=O) groups excluding carboxylic acids is 1. The maximum Gasteiger partial charge on any atom is 0.241 e. The van der Waals surface area contributed by atoms with Crippen LogP contribution in [0.5, 0.6) is 0 Å². The zero-order valence-electron chi connectivity index (χ0n) is 13.0. The van der Waals surface area contributed by atoms with E-state index in [1.165, 1.54) is 6.92 Å². The third kappa shape index (κ3) is 4.44. The normalized spacial score (nSPS) is 13.2. The minimum Gasteiger partial charge on any atom is -0.398 e. The third-order valence-corrected chi connectivity index (χ3v) is 4.66. The quantitative estimate of drug-likeness (QED) is 0.708.